The number of rotatable bonds is 4. The number of ether oxygens (including phenoxy) is 2. The predicted molar refractivity (Wildman–Crippen MR) is 66.7 cm³/mol. The fourth-order valence-electron chi connectivity index (χ4n) is 1.44. The maximum atomic E-state index is 12.2. The molecular formula is C13H9ClF3NO2. The third-order valence-electron chi connectivity index (χ3n) is 2.24. The summed E-state index contributed by atoms with van der Waals surface area (Å²) in [5.74, 6) is -0.837. The van der Waals surface area contributed by atoms with E-state index in [-0.39, 0.29) is 17.6 Å². The highest BCUT2D eigenvalue weighted by Crippen LogP contribution is 2.32. The molecular weight excluding hydrogens is 295 g/mol. The Hall–Kier alpha value is -1.95. The van der Waals surface area contributed by atoms with Crippen LogP contribution in [0.25, 0.3) is 0 Å². The lowest BCUT2D eigenvalue weighted by Crippen LogP contribution is -2.18. The van der Waals surface area contributed by atoms with E-state index < -0.39 is 12.1 Å². The molecule has 0 aliphatic heterocycles. The summed E-state index contributed by atoms with van der Waals surface area (Å²) in [4.78, 5) is 3.69. The summed E-state index contributed by atoms with van der Waals surface area (Å²) < 4.78 is 45.8. The fourth-order valence-corrected chi connectivity index (χ4v) is 1.58. The van der Waals surface area contributed by atoms with Gasteiger partial charge in [0.25, 0.3) is 5.88 Å². The Balaban J connectivity index is 2.15. The van der Waals surface area contributed by atoms with E-state index in [2.05, 4.69) is 9.72 Å². The summed E-state index contributed by atoms with van der Waals surface area (Å²) in [6, 6.07) is 11.2. The van der Waals surface area contributed by atoms with Gasteiger partial charge in [0.15, 0.2) is 5.75 Å². The van der Waals surface area contributed by atoms with E-state index in [1.807, 2.05) is 6.07 Å². The highest BCUT2D eigenvalue weighted by Gasteiger charge is 2.33. The summed E-state index contributed by atoms with van der Waals surface area (Å²) in [7, 11) is 0. The predicted octanol–water partition coefficient (Wildman–Crippen LogP) is 4.21. The van der Waals surface area contributed by atoms with Crippen molar-refractivity contribution in [2.24, 2.45) is 0 Å². The van der Waals surface area contributed by atoms with Crippen molar-refractivity contribution in [3.05, 3.63) is 53.2 Å². The van der Waals surface area contributed by atoms with Crippen LogP contribution in [0.2, 0.25) is 5.15 Å². The number of nitrogens with zero attached hydrogens (tertiary/aromatic N) is 1. The number of pyridine rings is 1. The van der Waals surface area contributed by atoms with E-state index in [1.165, 1.54) is 6.07 Å². The van der Waals surface area contributed by atoms with Gasteiger partial charge in [-0.05, 0) is 17.7 Å². The molecule has 0 amide bonds. The molecule has 2 aromatic rings. The summed E-state index contributed by atoms with van der Waals surface area (Å²) in [6.45, 7) is 0.0579. The molecule has 0 fully saturated rings. The summed E-state index contributed by atoms with van der Waals surface area (Å²) >= 11 is 5.64. The zero-order chi connectivity index (χ0) is 14.6. The zero-order valence-corrected chi connectivity index (χ0v) is 10.8. The third kappa shape index (κ3) is 4.31. The van der Waals surface area contributed by atoms with Gasteiger partial charge in [-0.2, -0.15) is 4.98 Å². The maximum absolute atomic E-state index is 12.2. The Morgan fingerprint density at radius 3 is 2.40 bits per heavy atom. The van der Waals surface area contributed by atoms with Crippen molar-refractivity contribution in [2.45, 2.75) is 13.0 Å². The number of alkyl halides is 3. The van der Waals surface area contributed by atoms with Crippen LogP contribution in [-0.2, 0) is 6.61 Å². The van der Waals surface area contributed by atoms with Crippen molar-refractivity contribution in [2.75, 3.05) is 0 Å². The topological polar surface area (TPSA) is 31.4 Å². The number of benzene rings is 1. The van der Waals surface area contributed by atoms with Crippen LogP contribution in [0.3, 0.4) is 0 Å². The number of hydrogen-bond acceptors (Lipinski definition) is 3. The second kappa shape index (κ2) is 6.00. The molecule has 2 rings (SSSR count). The zero-order valence-electron chi connectivity index (χ0n) is 10.0. The summed E-state index contributed by atoms with van der Waals surface area (Å²) in [5, 5.41) is 0.0163. The van der Waals surface area contributed by atoms with Crippen LogP contribution in [0, 0.1) is 0 Å². The maximum Gasteiger partial charge on any atom is 0.573 e. The van der Waals surface area contributed by atoms with E-state index in [1.54, 1.807) is 24.3 Å². The van der Waals surface area contributed by atoms with Gasteiger partial charge < -0.3 is 9.47 Å². The molecule has 7 heteroatoms. The van der Waals surface area contributed by atoms with Crippen molar-refractivity contribution < 1.29 is 22.6 Å². The molecule has 3 nitrogen and oxygen atoms in total. The average molecular weight is 304 g/mol. The molecule has 0 spiro atoms. The van der Waals surface area contributed by atoms with E-state index in [0.717, 1.165) is 11.6 Å². The van der Waals surface area contributed by atoms with Gasteiger partial charge in [0.2, 0.25) is 0 Å². The normalized spacial score (nSPS) is 11.2. The Morgan fingerprint density at radius 2 is 1.75 bits per heavy atom. The molecule has 1 heterocycles. The first-order chi connectivity index (χ1) is 9.44. The Kier molecular flexibility index (Phi) is 4.34. The molecule has 0 aliphatic carbocycles. The van der Waals surface area contributed by atoms with Gasteiger partial charge in [0.05, 0.1) is 0 Å². The van der Waals surface area contributed by atoms with E-state index in [0.29, 0.717) is 0 Å². The lowest BCUT2D eigenvalue weighted by atomic mass is 10.2. The number of hydrogen-bond donors (Lipinski definition) is 0. The van der Waals surface area contributed by atoms with Crippen LogP contribution < -0.4 is 9.47 Å². The molecule has 0 unspecified atom stereocenters. The minimum Gasteiger partial charge on any atom is -0.470 e. The minimum absolute atomic E-state index is 0.0163. The summed E-state index contributed by atoms with van der Waals surface area (Å²) in [6.07, 6.45) is -4.82. The molecule has 20 heavy (non-hydrogen) atoms. The third-order valence-corrected chi connectivity index (χ3v) is 2.45. The second-order valence-corrected chi connectivity index (χ2v) is 4.15. The smallest absolute Gasteiger partial charge is 0.470 e. The van der Waals surface area contributed by atoms with Crippen molar-refractivity contribution in [3.8, 4) is 11.6 Å². The van der Waals surface area contributed by atoms with Crippen LogP contribution >= 0.6 is 11.6 Å². The molecule has 1 aromatic carbocycles. The van der Waals surface area contributed by atoms with Crippen LogP contribution in [0.1, 0.15) is 5.56 Å². The van der Waals surface area contributed by atoms with Gasteiger partial charge in [-0.15, -0.1) is 13.2 Å². The largest absolute Gasteiger partial charge is 0.573 e. The van der Waals surface area contributed by atoms with Crippen molar-refractivity contribution >= 4 is 11.6 Å². The highest BCUT2D eigenvalue weighted by atomic mass is 35.5. The van der Waals surface area contributed by atoms with Gasteiger partial charge >= 0.3 is 6.36 Å². The van der Waals surface area contributed by atoms with E-state index in [4.69, 9.17) is 16.3 Å². The Bertz CT molecular complexity index is 576. The average Bonchev–Trinajstić information content (AvgIpc) is 2.39. The van der Waals surface area contributed by atoms with E-state index in [9.17, 15) is 13.2 Å². The minimum atomic E-state index is -4.82. The second-order valence-electron chi connectivity index (χ2n) is 3.76. The monoisotopic (exact) mass is 303 g/mol. The molecule has 0 radical (unpaired) electrons. The highest BCUT2D eigenvalue weighted by molar-refractivity contribution is 6.29. The van der Waals surface area contributed by atoms with Crippen molar-refractivity contribution in [3.63, 3.8) is 0 Å². The van der Waals surface area contributed by atoms with E-state index >= 15 is 0 Å². The van der Waals surface area contributed by atoms with Crippen LogP contribution in [0.5, 0.6) is 11.6 Å². The lowest BCUT2D eigenvalue weighted by Gasteiger charge is -2.13. The quantitative estimate of drug-likeness (QED) is 0.793. The Labute approximate surface area is 117 Å². The lowest BCUT2D eigenvalue weighted by molar-refractivity contribution is -0.275. The fraction of sp³-hybridized carbons (Fsp3) is 0.154. The first-order valence-corrected chi connectivity index (χ1v) is 5.91. The number of halogens is 4. The van der Waals surface area contributed by atoms with Gasteiger partial charge in [0, 0.05) is 0 Å². The Morgan fingerprint density at radius 1 is 1.05 bits per heavy atom. The SMILES string of the molecule is FC(F)(F)Oc1ccc(Cl)nc1OCc1ccccc1. The summed E-state index contributed by atoms with van der Waals surface area (Å²) in [5.41, 5.74) is 0.784. The first kappa shape index (κ1) is 14.5. The van der Waals surface area contributed by atoms with Gasteiger partial charge in [0.1, 0.15) is 11.8 Å². The first-order valence-electron chi connectivity index (χ1n) is 5.53. The van der Waals surface area contributed by atoms with Crippen LogP contribution in [-0.4, -0.2) is 11.3 Å². The molecule has 106 valence electrons. The standard InChI is InChI=1S/C13H9ClF3NO2/c14-11-7-6-10(20-13(15,16)17)12(18-11)19-8-9-4-2-1-3-5-9/h1-7H,8H2. The molecule has 0 saturated carbocycles. The van der Waals surface area contributed by atoms with Gasteiger partial charge in [-0.3, -0.25) is 0 Å². The van der Waals surface area contributed by atoms with Gasteiger partial charge in [-0.1, -0.05) is 41.9 Å². The van der Waals surface area contributed by atoms with Crippen molar-refractivity contribution in [1.82, 2.24) is 4.98 Å². The van der Waals surface area contributed by atoms with Crippen molar-refractivity contribution in [1.29, 1.82) is 0 Å². The van der Waals surface area contributed by atoms with Crippen LogP contribution in [0.4, 0.5) is 13.2 Å². The molecule has 1 aromatic heterocycles. The molecule has 0 aliphatic rings. The molecule has 0 N–H and O–H groups in total. The molecule has 0 bridgehead atoms. The van der Waals surface area contributed by atoms with Crippen LogP contribution in [0.15, 0.2) is 42.5 Å². The molecule has 0 atom stereocenters. The van der Waals surface area contributed by atoms with Gasteiger partial charge in [-0.25, -0.2) is 0 Å². The molecule has 0 saturated heterocycles. The number of aromatic nitrogens is 1.